The lowest BCUT2D eigenvalue weighted by molar-refractivity contribution is -0.110. The second-order valence-corrected chi connectivity index (χ2v) is 5.65. The van der Waals surface area contributed by atoms with Crippen LogP contribution >= 0.6 is 11.6 Å². The summed E-state index contributed by atoms with van der Waals surface area (Å²) < 4.78 is 6.66. The van der Waals surface area contributed by atoms with Crippen LogP contribution in [0, 0.1) is 6.92 Å². The number of ether oxygens (including phenoxy) is 1. The van der Waals surface area contributed by atoms with Gasteiger partial charge in [0, 0.05) is 28.7 Å². The number of anilines is 1. The fourth-order valence-corrected chi connectivity index (χ4v) is 2.69. The van der Waals surface area contributed by atoms with E-state index in [2.05, 4.69) is 5.32 Å². The van der Waals surface area contributed by atoms with Gasteiger partial charge in [-0.1, -0.05) is 11.6 Å². The van der Waals surface area contributed by atoms with Crippen molar-refractivity contribution in [1.29, 1.82) is 0 Å². The highest BCUT2D eigenvalue weighted by Crippen LogP contribution is 2.34. The zero-order valence-electron chi connectivity index (χ0n) is 12.7. The average Bonchev–Trinajstić information content (AvgIpc) is 3.01. The van der Waals surface area contributed by atoms with Gasteiger partial charge in [-0.15, -0.1) is 0 Å². The molecule has 1 aliphatic rings. The van der Waals surface area contributed by atoms with E-state index >= 15 is 0 Å². The van der Waals surface area contributed by atoms with E-state index in [-0.39, 0.29) is 5.91 Å². The van der Waals surface area contributed by atoms with Crippen molar-refractivity contribution in [3.05, 3.63) is 52.3 Å². The summed E-state index contributed by atoms with van der Waals surface area (Å²) in [4.78, 5) is 24.2. The van der Waals surface area contributed by atoms with E-state index in [9.17, 15) is 9.59 Å². The van der Waals surface area contributed by atoms with Crippen molar-refractivity contribution >= 4 is 40.9 Å². The number of hydrogen-bond donors (Lipinski definition) is 1. The molecule has 1 amide bonds. The zero-order valence-corrected chi connectivity index (χ0v) is 13.5. The van der Waals surface area contributed by atoms with Crippen LogP contribution in [0.25, 0.3) is 11.8 Å². The number of rotatable bonds is 3. The van der Waals surface area contributed by atoms with Crippen LogP contribution in [0.3, 0.4) is 0 Å². The summed E-state index contributed by atoms with van der Waals surface area (Å²) in [5, 5.41) is 3.32. The predicted octanol–water partition coefficient (Wildman–Crippen LogP) is 3.58. The van der Waals surface area contributed by atoms with Crippen molar-refractivity contribution in [2.24, 2.45) is 0 Å². The number of aromatic nitrogens is 1. The molecule has 1 aromatic carbocycles. The highest BCUT2D eigenvalue weighted by molar-refractivity contribution is 6.36. The maximum absolute atomic E-state index is 12.2. The van der Waals surface area contributed by atoms with Gasteiger partial charge in [0.25, 0.3) is 5.91 Å². The second kappa shape index (κ2) is 5.93. The summed E-state index contributed by atoms with van der Waals surface area (Å²) in [6, 6.07) is 6.92. The Kier molecular flexibility index (Phi) is 3.96. The number of nitrogens with zero attached hydrogens (tertiary/aromatic N) is 1. The monoisotopic (exact) mass is 330 g/mol. The van der Waals surface area contributed by atoms with Gasteiger partial charge in [-0.2, -0.15) is 0 Å². The molecule has 0 spiro atoms. The number of fused-ring (bicyclic) bond motifs is 1. The molecule has 0 fully saturated rings. The van der Waals surface area contributed by atoms with E-state index < -0.39 is 5.97 Å². The molecule has 1 N–H and O–H groups in total. The van der Waals surface area contributed by atoms with Crippen molar-refractivity contribution < 1.29 is 14.3 Å². The molecule has 1 aromatic heterocycles. The zero-order chi connectivity index (χ0) is 16.6. The van der Waals surface area contributed by atoms with Crippen LogP contribution in [0.4, 0.5) is 5.69 Å². The lowest BCUT2D eigenvalue weighted by Gasteiger charge is -2.05. The Balaban J connectivity index is 2.08. The number of amides is 1. The molecule has 0 radical (unpaired) electrons. The SMILES string of the molecule is CCOC(=O)c1cc(C)cn1C=C1C(=O)Nc2ccc(Cl)cc21. The van der Waals surface area contributed by atoms with Crippen LogP contribution in [-0.2, 0) is 9.53 Å². The minimum atomic E-state index is -0.429. The second-order valence-electron chi connectivity index (χ2n) is 5.22. The summed E-state index contributed by atoms with van der Waals surface area (Å²) in [7, 11) is 0. The molecule has 5 nitrogen and oxygen atoms in total. The van der Waals surface area contributed by atoms with Crippen molar-refractivity contribution in [3.63, 3.8) is 0 Å². The Morgan fingerprint density at radius 3 is 2.91 bits per heavy atom. The molecule has 2 heterocycles. The summed E-state index contributed by atoms with van der Waals surface area (Å²) >= 11 is 6.02. The normalized spacial score (nSPS) is 14.7. The third-order valence-electron chi connectivity index (χ3n) is 3.50. The molecule has 2 aromatic rings. The molecule has 0 saturated carbocycles. The third-order valence-corrected chi connectivity index (χ3v) is 3.74. The van der Waals surface area contributed by atoms with Crippen LogP contribution in [0.15, 0.2) is 30.5 Å². The number of nitrogens with one attached hydrogen (secondary N) is 1. The van der Waals surface area contributed by atoms with E-state index in [1.807, 2.05) is 6.92 Å². The van der Waals surface area contributed by atoms with Crippen molar-refractivity contribution in [3.8, 4) is 0 Å². The summed E-state index contributed by atoms with van der Waals surface area (Å²) in [5.41, 5.74) is 3.13. The molecule has 3 rings (SSSR count). The number of aryl methyl sites for hydroxylation is 1. The molecule has 0 aliphatic carbocycles. The minimum absolute atomic E-state index is 0.233. The first kappa shape index (κ1) is 15.4. The molecule has 0 atom stereocenters. The van der Waals surface area contributed by atoms with Gasteiger partial charge < -0.3 is 14.6 Å². The van der Waals surface area contributed by atoms with Gasteiger partial charge in [0.2, 0.25) is 0 Å². The number of halogens is 1. The van der Waals surface area contributed by atoms with Crippen LogP contribution in [0.2, 0.25) is 5.02 Å². The molecular weight excluding hydrogens is 316 g/mol. The van der Waals surface area contributed by atoms with Crippen molar-refractivity contribution in [2.45, 2.75) is 13.8 Å². The Labute approximate surface area is 138 Å². The summed E-state index contributed by atoms with van der Waals surface area (Å²) in [6.07, 6.45) is 3.39. The standard InChI is InChI=1S/C17H15ClN2O3/c1-3-23-17(22)15-6-10(2)8-20(15)9-13-12-7-11(18)4-5-14(12)19-16(13)21/h4-9H,3H2,1-2H3,(H,19,21). The van der Waals surface area contributed by atoms with Gasteiger partial charge in [0.05, 0.1) is 12.2 Å². The van der Waals surface area contributed by atoms with Crippen LogP contribution < -0.4 is 5.32 Å². The lowest BCUT2D eigenvalue weighted by Crippen LogP contribution is -2.10. The predicted molar refractivity (Wildman–Crippen MR) is 89.4 cm³/mol. The summed E-state index contributed by atoms with van der Waals surface area (Å²) in [6.45, 7) is 3.91. The van der Waals surface area contributed by atoms with Gasteiger partial charge in [-0.25, -0.2) is 4.79 Å². The molecule has 118 valence electrons. The average molecular weight is 331 g/mol. The Hall–Kier alpha value is -2.53. The van der Waals surface area contributed by atoms with E-state index in [4.69, 9.17) is 16.3 Å². The molecular formula is C17H15ClN2O3. The smallest absolute Gasteiger partial charge is 0.355 e. The van der Waals surface area contributed by atoms with Gasteiger partial charge in [-0.3, -0.25) is 4.79 Å². The highest BCUT2D eigenvalue weighted by atomic mass is 35.5. The first-order valence-electron chi connectivity index (χ1n) is 7.18. The van der Waals surface area contributed by atoms with E-state index in [1.54, 1.807) is 48.2 Å². The van der Waals surface area contributed by atoms with Gasteiger partial charge in [0.15, 0.2) is 0 Å². The fourth-order valence-electron chi connectivity index (χ4n) is 2.52. The molecule has 23 heavy (non-hydrogen) atoms. The van der Waals surface area contributed by atoms with Crippen LogP contribution in [0.5, 0.6) is 0 Å². The largest absolute Gasteiger partial charge is 0.461 e. The van der Waals surface area contributed by atoms with E-state index in [0.717, 1.165) is 5.56 Å². The number of hydrogen-bond acceptors (Lipinski definition) is 3. The Morgan fingerprint density at radius 1 is 1.39 bits per heavy atom. The Morgan fingerprint density at radius 2 is 2.17 bits per heavy atom. The van der Waals surface area contributed by atoms with E-state index in [0.29, 0.717) is 34.1 Å². The topological polar surface area (TPSA) is 60.3 Å². The van der Waals surface area contributed by atoms with Gasteiger partial charge in [0.1, 0.15) is 5.69 Å². The first-order chi connectivity index (χ1) is 11.0. The summed E-state index contributed by atoms with van der Waals surface area (Å²) in [5.74, 6) is -0.661. The molecule has 6 heteroatoms. The van der Waals surface area contributed by atoms with Gasteiger partial charge >= 0.3 is 5.97 Å². The van der Waals surface area contributed by atoms with Crippen LogP contribution in [0.1, 0.15) is 28.5 Å². The maximum atomic E-state index is 12.2. The van der Waals surface area contributed by atoms with Gasteiger partial charge in [-0.05, 0) is 43.7 Å². The Bertz CT molecular complexity index is 836. The van der Waals surface area contributed by atoms with Crippen molar-refractivity contribution in [1.82, 2.24) is 4.57 Å². The first-order valence-corrected chi connectivity index (χ1v) is 7.56. The van der Waals surface area contributed by atoms with Crippen molar-refractivity contribution in [2.75, 3.05) is 11.9 Å². The van der Waals surface area contributed by atoms with E-state index in [1.165, 1.54) is 0 Å². The lowest BCUT2D eigenvalue weighted by atomic mass is 10.1. The minimum Gasteiger partial charge on any atom is -0.461 e. The quantitative estimate of drug-likeness (QED) is 0.691. The molecule has 0 bridgehead atoms. The fraction of sp³-hybridized carbons (Fsp3) is 0.176. The number of esters is 1. The van der Waals surface area contributed by atoms with Crippen LogP contribution in [-0.4, -0.2) is 23.1 Å². The molecule has 0 saturated heterocycles. The maximum Gasteiger partial charge on any atom is 0.355 e. The number of carbonyl (C=O) groups excluding carboxylic acids is 2. The highest BCUT2D eigenvalue weighted by Gasteiger charge is 2.25. The third kappa shape index (κ3) is 2.87. The molecule has 1 aliphatic heterocycles. The number of benzene rings is 1. The number of carbonyl (C=O) groups is 2. The molecule has 0 unspecified atom stereocenters.